The summed E-state index contributed by atoms with van der Waals surface area (Å²) in [5.41, 5.74) is 8.55. The van der Waals surface area contributed by atoms with E-state index in [1.165, 1.54) is 24.0 Å². The van der Waals surface area contributed by atoms with Gasteiger partial charge in [0.05, 0.1) is 0 Å². The second kappa shape index (κ2) is 2.87. The van der Waals surface area contributed by atoms with E-state index in [1.54, 1.807) is 0 Å². The van der Waals surface area contributed by atoms with Crippen LogP contribution in [-0.2, 0) is 0 Å². The normalized spacial score (nSPS) is 19.2. The van der Waals surface area contributed by atoms with Gasteiger partial charge in [0, 0.05) is 18.4 Å². The molecule has 2 nitrogen and oxygen atoms in total. The first-order chi connectivity index (χ1) is 5.79. The fourth-order valence-electron chi connectivity index (χ4n) is 1.53. The summed E-state index contributed by atoms with van der Waals surface area (Å²) in [6.45, 7) is 2.10. The molecular weight excluding hydrogens is 148 g/mol. The first-order valence-electron chi connectivity index (χ1n) is 4.45. The quantitative estimate of drug-likeness (QED) is 0.720. The van der Waals surface area contributed by atoms with Crippen LogP contribution in [0.25, 0.3) is 0 Å². The van der Waals surface area contributed by atoms with Crippen LogP contribution in [0.1, 0.15) is 30.0 Å². The molecule has 1 atom stereocenters. The van der Waals surface area contributed by atoms with Gasteiger partial charge in [0.1, 0.15) is 0 Å². The highest BCUT2D eigenvalue weighted by atomic mass is 14.7. The SMILES string of the molecule is Cc1ccncc1[C@@H](N)C1CC1. The molecule has 1 heterocycles. The highest BCUT2D eigenvalue weighted by Gasteiger charge is 2.30. The number of nitrogens with two attached hydrogens (primary N) is 1. The van der Waals surface area contributed by atoms with Crippen molar-refractivity contribution < 1.29 is 0 Å². The van der Waals surface area contributed by atoms with Gasteiger partial charge in [-0.05, 0) is 42.9 Å². The first-order valence-corrected chi connectivity index (χ1v) is 4.45. The van der Waals surface area contributed by atoms with Crippen molar-refractivity contribution in [3.8, 4) is 0 Å². The summed E-state index contributed by atoms with van der Waals surface area (Å²) in [5.74, 6) is 0.716. The van der Waals surface area contributed by atoms with E-state index in [0.717, 1.165) is 0 Å². The predicted molar refractivity (Wildman–Crippen MR) is 48.6 cm³/mol. The Morgan fingerprint density at radius 2 is 2.33 bits per heavy atom. The lowest BCUT2D eigenvalue weighted by Crippen LogP contribution is -2.13. The Kier molecular flexibility index (Phi) is 1.85. The Morgan fingerprint density at radius 3 is 2.92 bits per heavy atom. The van der Waals surface area contributed by atoms with Gasteiger partial charge in [0.25, 0.3) is 0 Å². The van der Waals surface area contributed by atoms with Crippen LogP contribution in [0.3, 0.4) is 0 Å². The van der Waals surface area contributed by atoms with E-state index >= 15 is 0 Å². The van der Waals surface area contributed by atoms with Crippen LogP contribution >= 0.6 is 0 Å². The first kappa shape index (κ1) is 7.74. The maximum atomic E-state index is 6.06. The van der Waals surface area contributed by atoms with Gasteiger partial charge in [-0.3, -0.25) is 4.98 Å². The van der Waals surface area contributed by atoms with Crippen LogP contribution in [0.5, 0.6) is 0 Å². The minimum Gasteiger partial charge on any atom is -0.324 e. The standard InChI is InChI=1S/C10H14N2/c1-7-4-5-12-6-9(7)10(11)8-2-3-8/h4-6,8,10H,2-3,11H2,1H3/t10-/m0/s1. The Hall–Kier alpha value is -0.890. The van der Waals surface area contributed by atoms with E-state index < -0.39 is 0 Å². The number of hydrogen-bond donors (Lipinski definition) is 1. The van der Waals surface area contributed by atoms with E-state index in [1.807, 2.05) is 18.5 Å². The number of pyridine rings is 1. The third-order valence-corrected chi connectivity index (χ3v) is 2.57. The topological polar surface area (TPSA) is 38.9 Å². The summed E-state index contributed by atoms with van der Waals surface area (Å²) in [7, 11) is 0. The third-order valence-electron chi connectivity index (χ3n) is 2.57. The summed E-state index contributed by atoms with van der Waals surface area (Å²) in [5, 5.41) is 0. The predicted octanol–water partition coefficient (Wildman–Crippen LogP) is 1.80. The number of hydrogen-bond acceptors (Lipinski definition) is 2. The number of aromatic nitrogens is 1. The molecule has 0 amide bonds. The lowest BCUT2D eigenvalue weighted by atomic mass is 10.0. The minimum atomic E-state index is 0.221. The fourth-order valence-corrected chi connectivity index (χ4v) is 1.53. The van der Waals surface area contributed by atoms with Crippen molar-refractivity contribution in [2.24, 2.45) is 11.7 Å². The zero-order valence-electron chi connectivity index (χ0n) is 7.33. The molecule has 1 aromatic rings. The molecule has 12 heavy (non-hydrogen) atoms. The van der Waals surface area contributed by atoms with Gasteiger partial charge in [0.2, 0.25) is 0 Å². The van der Waals surface area contributed by atoms with Gasteiger partial charge >= 0.3 is 0 Å². The van der Waals surface area contributed by atoms with Crippen LogP contribution in [0.15, 0.2) is 18.5 Å². The van der Waals surface area contributed by atoms with E-state index in [9.17, 15) is 0 Å². The average Bonchev–Trinajstić information content (AvgIpc) is 2.86. The Morgan fingerprint density at radius 1 is 1.58 bits per heavy atom. The molecule has 64 valence electrons. The molecule has 1 saturated carbocycles. The van der Waals surface area contributed by atoms with E-state index in [0.29, 0.717) is 5.92 Å². The monoisotopic (exact) mass is 162 g/mol. The highest BCUT2D eigenvalue weighted by Crippen LogP contribution is 2.39. The van der Waals surface area contributed by atoms with Crippen molar-refractivity contribution in [2.75, 3.05) is 0 Å². The highest BCUT2D eigenvalue weighted by molar-refractivity contribution is 5.26. The molecule has 1 fully saturated rings. The van der Waals surface area contributed by atoms with Crippen molar-refractivity contribution in [3.05, 3.63) is 29.6 Å². The molecule has 1 aliphatic rings. The van der Waals surface area contributed by atoms with Gasteiger partial charge in [-0.25, -0.2) is 0 Å². The second-order valence-electron chi connectivity index (χ2n) is 3.60. The number of rotatable bonds is 2. The molecule has 2 heteroatoms. The lowest BCUT2D eigenvalue weighted by molar-refractivity contribution is 0.627. The van der Waals surface area contributed by atoms with Gasteiger partial charge < -0.3 is 5.73 Å². The van der Waals surface area contributed by atoms with E-state index in [2.05, 4.69) is 11.9 Å². The van der Waals surface area contributed by atoms with Crippen molar-refractivity contribution in [2.45, 2.75) is 25.8 Å². The molecule has 0 radical (unpaired) electrons. The van der Waals surface area contributed by atoms with Crippen molar-refractivity contribution in [1.82, 2.24) is 4.98 Å². The van der Waals surface area contributed by atoms with Crippen LogP contribution < -0.4 is 5.73 Å². The molecule has 0 aromatic carbocycles. The van der Waals surface area contributed by atoms with Crippen molar-refractivity contribution >= 4 is 0 Å². The maximum absolute atomic E-state index is 6.06. The number of nitrogens with zero attached hydrogens (tertiary/aromatic N) is 1. The van der Waals surface area contributed by atoms with Gasteiger partial charge in [-0.15, -0.1) is 0 Å². The zero-order chi connectivity index (χ0) is 8.55. The smallest absolute Gasteiger partial charge is 0.0341 e. The fraction of sp³-hybridized carbons (Fsp3) is 0.500. The van der Waals surface area contributed by atoms with Gasteiger partial charge in [-0.1, -0.05) is 0 Å². The van der Waals surface area contributed by atoms with Crippen LogP contribution in [0.2, 0.25) is 0 Å². The summed E-state index contributed by atoms with van der Waals surface area (Å²) in [6.07, 6.45) is 6.29. The van der Waals surface area contributed by atoms with Crippen LogP contribution in [0, 0.1) is 12.8 Å². The maximum Gasteiger partial charge on any atom is 0.0341 e. The summed E-state index contributed by atoms with van der Waals surface area (Å²) in [4.78, 5) is 4.10. The molecule has 0 spiro atoms. The molecule has 1 aliphatic carbocycles. The van der Waals surface area contributed by atoms with Crippen molar-refractivity contribution in [1.29, 1.82) is 0 Å². The molecule has 0 bridgehead atoms. The van der Waals surface area contributed by atoms with E-state index in [4.69, 9.17) is 5.73 Å². The Balaban J connectivity index is 2.25. The molecule has 2 N–H and O–H groups in total. The van der Waals surface area contributed by atoms with Crippen LogP contribution in [0.4, 0.5) is 0 Å². The summed E-state index contributed by atoms with van der Waals surface area (Å²) in [6, 6.07) is 2.25. The lowest BCUT2D eigenvalue weighted by Gasteiger charge is -2.12. The van der Waals surface area contributed by atoms with Crippen LogP contribution in [-0.4, -0.2) is 4.98 Å². The van der Waals surface area contributed by atoms with Gasteiger partial charge in [-0.2, -0.15) is 0 Å². The molecule has 2 rings (SSSR count). The Labute approximate surface area is 72.8 Å². The number of aryl methyl sites for hydroxylation is 1. The molecule has 0 saturated heterocycles. The third kappa shape index (κ3) is 1.34. The van der Waals surface area contributed by atoms with Gasteiger partial charge in [0.15, 0.2) is 0 Å². The minimum absolute atomic E-state index is 0.221. The summed E-state index contributed by atoms with van der Waals surface area (Å²) >= 11 is 0. The summed E-state index contributed by atoms with van der Waals surface area (Å²) < 4.78 is 0. The molecular formula is C10H14N2. The van der Waals surface area contributed by atoms with Crippen molar-refractivity contribution in [3.63, 3.8) is 0 Å². The molecule has 1 aromatic heterocycles. The second-order valence-corrected chi connectivity index (χ2v) is 3.60. The largest absolute Gasteiger partial charge is 0.324 e. The molecule has 0 aliphatic heterocycles. The van der Waals surface area contributed by atoms with E-state index in [-0.39, 0.29) is 6.04 Å². The average molecular weight is 162 g/mol. The zero-order valence-corrected chi connectivity index (χ0v) is 7.33. The Bertz CT molecular complexity index is 279. The molecule has 0 unspecified atom stereocenters.